The van der Waals surface area contributed by atoms with E-state index >= 15 is 0 Å². The summed E-state index contributed by atoms with van der Waals surface area (Å²) in [5.74, 6) is 0. The van der Waals surface area contributed by atoms with Gasteiger partial charge in [-0.15, -0.1) is 0 Å². The lowest BCUT2D eigenvalue weighted by Crippen LogP contribution is -2.40. The fourth-order valence-electron chi connectivity index (χ4n) is 1.90. The highest BCUT2D eigenvalue weighted by molar-refractivity contribution is 6.44. The minimum Gasteiger partial charge on any atom is -0.397 e. The van der Waals surface area contributed by atoms with E-state index in [1.54, 1.807) is 0 Å². The summed E-state index contributed by atoms with van der Waals surface area (Å²) in [6.45, 7) is 9.20. The molecule has 0 radical (unpaired) electrons. The third-order valence-corrected chi connectivity index (χ3v) is 5.08. The molecule has 0 aromatic rings. The average molecular weight is 262 g/mol. The van der Waals surface area contributed by atoms with Gasteiger partial charge in [-0.05, 0) is 20.3 Å². The Morgan fingerprint density at radius 1 is 1.18 bits per heavy atom. The minimum atomic E-state index is -1.53. The van der Waals surface area contributed by atoms with Crippen molar-refractivity contribution in [1.82, 2.24) is 0 Å². The van der Waals surface area contributed by atoms with E-state index in [2.05, 4.69) is 6.92 Å². The largest absolute Gasteiger partial charge is 0.397 e. The van der Waals surface area contributed by atoms with E-state index in [4.69, 9.17) is 18.3 Å². The molecule has 0 N–H and O–H groups in total. The zero-order valence-electron chi connectivity index (χ0n) is 11.3. The van der Waals surface area contributed by atoms with Crippen LogP contribution in [0.15, 0.2) is 0 Å². The van der Waals surface area contributed by atoms with Gasteiger partial charge in [0.2, 0.25) is 0 Å². The summed E-state index contributed by atoms with van der Waals surface area (Å²) in [5, 5.41) is 0. The van der Waals surface area contributed by atoms with Gasteiger partial charge in [0.05, 0.1) is 19.3 Å². The fraction of sp³-hybridized carbons (Fsp3) is 1.00. The molecule has 0 bridgehead atoms. The van der Waals surface area contributed by atoms with E-state index in [-0.39, 0.29) is 6.10 Å². The van der Waals surface area contributed by atoms with Gasteiger partial charge in [-0.25, -0.2) is 0 Å². The van der Waals surface area contributed by atoms with E-state index in [1.807, 2.05) is 13.8 Å². The van der Waals surface area contributed by atoms with Crippen molar-refractivity contribution in [3.05, 3.63) is 0 Å². The number of hydrogen-bond donors (Lipinski definition) is 0. The Morgan fingerprint density at radius 3 is 2.24 bits per heavy atom. The van der Waals surface area contributed by atoms with Crippen LogP contribution < -0.4 is 0 Å². The molecule has 1 saturated heterocycles. The summed E-state index contributed by atoms with van der Waals surface area (Å²) in [7, 11) is -1.53. The molecule has 4 nitrogen and oxygen atoms in total. The van der Waals surface area contributed by atoms with Crippen molar-refractivity contribution in [2.75, 3.05) is 26.4 Å². The lowest BCUT2D eigenvalue weighted by Gasteiger charge is -2.31. The van der Waals surface area contributed by atoms with Crippen molar-refractivity contribution in [3.8, 4) is 0 Å². The van der Waals surface area contributed by atoms with Crippen molar-refractivity contribution < 1.29 is 18.3 Å². The molecule has 1 atom stereocenters. The Kier molecular flexibility index (Phi) is 8.05. The molecule has 0 amide bonds. The molecule has 1 rings (SSSR count). The second-order valence-corrected chi connectivity index (χ2v) is 6.28. The Hall–Kier alpha value is 0.0569. The smallest absolute Gasteiger partial charge is 0.324 e. The number of ether oxygens (including phenoxy) is 2. The van der Waals surface area contributed by atoms with Crippen LogP contribution in [0, 0.1) is 0 Å². The van der Waals surface area contributed by atoms with Gasteiger partial charge in [0.15, 0.2) is 0 Å². The maximum atomic E-state index is 6.00. The number of rotatable bonds is 10. The summed E-state index contributed by atoms with van der Waals surface area (Å²) in [6.07, 6.45) is 2.80. The maximum Gasteiger partial charge on any atom is 0.324 e. The first-order chi connectivity index (χ1) is 8.30. The van der Waals surface area contributed by atoms with Crippen LogP contribution in [-0.2, 0) is 18.3 Å². The summed E-state index contributed by atoms with van der Waals surface area (Å²) in [5.41, 5.74) is 0. The predicted molar refractivity (Wildman–Crippen MR) is 69.6 cm³/mol. The van der Waals surface area contributed by atoms with Crippen molar-refractivity contribution in [1.29, 1.82) is 0 Å². The highest BCUT2D eigenvalue weighted by atomic mass is 28.3. The number of hydrogen-bond acceptors (Lipinski definition) is 4. The minimum absolute atomic E-state index is 0.281. The van der Waals surface area contributed by atoms with Crippen LogP contribution >= 0.6 is 0 Å². The summed E-state index contributed by atoms with van der Waals surface area (Å²) in [6, 6.07) is 0.950. The molecule has 0 aromatic heterocycles. The predicted octanol–water partition coefficient (Wildman–Crippen LogP) is 1.86. The Morgan fingerprint density at radius 2 is 1.82 bits per heavy atom. The molecule has 1 unspecified atom stereocenters. The summed E-state index contributed by atoms with van der Waals surface area (Å²) < 4.78 is 22.5. The average Bonchev–Trinajstić information content (AvgIpc) is 2.24. The second kappa shape index (κ2) is 9.05. The van der Waals surface area contributed by atoms with E-state index < -0.39 is 9.28 Å². The van der Waals surface area contributed by atoms with Crippen LogP contribution in [0.5, 0.6) is 0 Å². The maximum absolute atomic E-state index is 6.00. The first kappa shape index (κ1) is 15.1. The molecule has 0 aromatic carbocycles. The van der Waals surface area contributed by atoms with Gasteiger partial charge in [0, 0.05) is 19.3 Å². The normalized spacial score (nSPS) is 18.4. The highest BCUT2D eigenvalue weighted by Gasteiger charge is 2.26. The van der Waals surface area contributed by atoms with E-state index in [1.165, 1.54) is 0 Å². The quantitative estimate of drug-likeness (QED) is 0.563. The van der Waals surface area contributed by atoms with Gasteiger partial charge >= 0.3 is 9.28 Å². The Balaban J connectivity index is 2.32. The molecule has 0 aliphatic carbocycles. The molecule has 1 aliphatic rings. The van der Waals surface area contributed by atoms with Crippen molar-refractivity contribution in [2.45, 2.75) is 51.9 Å². The lowest BCUT2D eigenvalue weighted by molar-refractivity contribution is -0.152. The van der Waals surface area contributed by atoms with Gasteiger partial charge < -0.3 is 18.3 Å². The van der Waals surface area contributed by atoms with Crippen LogP contribution in [0.1, 0.15) is 33.6 Å². The van der Waals surface area contributed by atoms with Gasteiger partial charge in [-0.1, -0.05) is 13.3 Å². The topological polar surface area (TPSA) is 36.9 Å². The molecule has 0 saturated carbocycles. The van der Waals surface area contributed by atoms with Crippen LogP contribution in [-0.4, -0.2) is 47.9 Å². The van der Waals surface area contributed by atoms with Crippen molar-refractivity contribution >= 4 is 9.28 Å². The van der Waals surface area contributed by atoms with Gasteiger partial charge in [-0.3, -0.25) is 0 Å². The fourth-order valence-corrected chi connectivity index (χ4v) is 3.79. The van der Waals surface area contributed by atoms with Gasteiger partial charge in [0.25, 0.3) is 0 Å². The zero-order chi connectivity index (χ0) is 12.5. The molecule has 102 valence electrons. The molecule has 5 heteroatoms. The SMILES string of the molecule is CCCC(C[SiH](OCC)OCC)OC1COC1. The Bertz CT molecular complexity index is 181. The van der Waals surface area contributed by atoms with Gasteiger partial charge in [0.1, 0.15) is 6.10 Å². The standard InChI is InChI=1S/C12H26O4Si/c1-4-7-11(16-12-8-13-9-12)10-17(14-5-2)15-6-3/h11-12,17H,4-10H2,1-3H3. The Labute approximate surface area is 106 Å². The van der Waals surface area contributed by atoms with Crippen LogP contribution in [0.2, 0.25) is 6.04 Å². The lowest BCUT2D eigenvalue weighted by atomic mass is 10.2. The van der Waals surface area contributed by atoms with E-state index in [9.17, 15) is 0 Å². The van der Waals surface area contributed by atoms with Crippen LogP contribution in [0.3, 0.4) is 0 Å². The third-order valence-electron chi connectivity index (χ3n) is 2.76. The third kappa shape index (κ3) is 5.97. The van der Waals surface area contributed by atoms with Crippen molar-refractivity contribution in [3.63, 3.8) is 0 Å². The van der Waals surface area contributed by atoms with Crippen molar-refractivity contribution in [2.24, 2.45) is 0 Å². The molecular formula is C12H26O4Si. The summed E-state index contributed by atoms with van der Waals surface area (Å²) >= 11 is 0. The highest BCUT2D eigenvalue weighted by Crippen LogP contribution is 2.17. The monoisotopic (exact) mass is 262 g/mol. The van der Waals surface area contributed by atoms with Crippen LogP contribution in [0.4, 0.5) is 0 Å². The first-order valence-electron chi connectivity index (χ1n) is 6.76. The zero-order valence-corrected chi connectivity index (χ0v) is 12.5. The van der Waals surface area contributed by atoms with Gasteiger partial charge in [-0.2, -0.15) is 0 Å². The molecule has 17 heavy (non-hydrogen) atoms. The van der Waals surface area contributed by atoms with Crippen LogP contribution in [0.25, 0.3) is 0 Å². The molecule has 1 fully saturated rings. The molecular weight excluding hydrogens is 236 g/mol. The van der Waals surface area contributed by atoms with E-state index in [0.29, 0.717) is 6.10 Å². The second-order valence-electron chi connectivity index (χ2n) is 4.28. The molecule has 1 aliphatic heterocycles. The molecule has 1 heterocycles. The first-order valence-corrected chi connectivity index (χ1v) is 8.52. The van der Waals surface area contributed by atoms with E-state index in [0.717, 1.165) is 45.3 Å². The summed E-state index contributed by atoms with van der Waals surface area (Å²) in [4.78, 5) is 0. The molecule has 0 spiro atoms.